The van der Waals surface area contributed by atoms with Crippen LogP contribution in [0, 0.1) is 11.8 Å². The Balaban J connectivity index is 2.69. The molecule has 0 fully saturated rings. The van der Waals surface area contributed by atoms with Gasteiger partial charge in [0, 0.05) is 26.1 Å². The standard InChI is InChI=1S/C14H19NO3S/c1-2-15(9-5-11-17)14(18)13-8-7-12(19-13)6-3-4-10-16/h7-8,16-17H,2,4-5,9-11H2,1H3. The van der Waals surface area contributed by atoms with Crippen molar-refractivity contribution < 1.29 is 15.0 Å². The summed E-state index contributed by atoms with van der Waals surface area (Å²) < 4.78 is 0. The molecule has 0 aromatic carbocycles. The minimum absolute atomic E-state index is 0.0174. The third-order valence-corrected chi connectivity index (χ3v) is 3.51. The van der Waals surface area contributed by atoms with E-state index >= 15 is 0 Å². The van der Waals surface area contributed by atoms with Gasteiger partial charge in [-0.05, 0) is 25.5 Å². The number of carbonyl (C=O) groups excluding carboxylic acids is 1. The number of hydrogen-bond acceptors (Lipinski definition) is 4. The molecule has 1 rings (SSSR count). The van der Waals surface area contributed by atoms with Crippen LogP contribution in [0.15, 0.2) is 12.1 Å². The minimum atomic E-state index is -0.0174. The van der Waals surface area contributed by atoms with Gasteiger partial charge in [0.1, 0.15) is 0 Å². The lowest BCUT2D eigenvalue weighted by atomic mass is 10.3. The molecule has 2 N–H and O–H groups in total. The van der Waals surface area contributed by atoms with E-state index in [0.29, 0.717) is 30.8 Å². The van der Waals surface area contributed by atoms with Crippen molar-refractivity contribution in [1.82, 2.24) is 4.90 Å². The van der Waals surface area contributed by atoms with Crippen LogP contribution < -0.4 is 0 Å². The molecule has 1 aromatic heterocycles. The Morgan fingerprint density at radius 1 is 1.37 bits per heavy atom. The third kappa shape index (κ3) is 5.03. The fourth-order valence-corrected chi connectivity index (χ4v) is 2.39. The Morgan fingerprint density at radius 2 is 2.16 bits per heavy atom. The quantitative estimate of drug-likeness (QED) is 0.773. The smallest absolute Gasteiger partial charge is 0.263 e. The molecule has 0 saturated heterocycles. The van der Waals surface area contributed by atoms with Crippen LogP contribution in [0.2, 0.25) is 0 Å². The molecule has 1 amide bonds. The molecule has 0 aliphatic rings. The van der Waals surface area contributed by atoms with E-state index in [1.165, 1.54) is 11.3 Å². The van der Waals surface area contributed by atoms with E-state index in [2.05, 4.69) is 11.8 Å². The molecule has 0 aliphatic carbocycles. The van der Waals surface area contributed by atoms with E-state index in [9.17, 15) is 4.79 Å². The second kappa shape index (κ2) is 8.70. The summed E-state index contributed by atoms with van der Waals surface area (Å²) >= 11 is 1.36. The lowest BCUT2D eigenvalue weighted by Gasteiger charge is -2.19. The Hall–Kier alpha value is -1.35. The molecule has 0 saturated carbocycles. The number of carbonyl (C=O) groups is 1. The first kappa shape index (κ1) is 15.7. The Bertz CT molecular complexity index is 459. The van der Waals surface area contributed by atoms with Gasteiger partial charge in [0.2, 0.25) is 0 Å². The Morgan fingerprint density at radius 3 is 2.79 bits per heavy atom. The van der Waals surface area contributed by atoms with Gasteiger partial charge in [-0.25, -0.2) is 0 Å². The van der Waals surface area contributed by atoms with Gasteiger partial charge in [-0.3, -0.25) is 4.79 Å². The highest BCUT2D eigenvalue weighted by Gasteiger charge is 2.15. The van der Waals surface area contributed by atoms with E-state index in [1.807, 2.05) is 13.0 Å². The van der Waals surface area contributed by atoms with Crippen molar-refractivity contribution in [2.24, 2.45) is 0 Å². The van der Waals surface area contributed by atoms with Gasteiger partial charge in [0.25, 0.3) is 5.91 Å². The molecule has 1 aromatic rings. The number of nitrogens with zero attached hydrogens (tertiary/aromatic N) is 1. The number of aliphatic hydroxyl groups excluding tert-OH is 2. The fourth-order valence-electron chi connectivity index (χ4n) is 1.55. The maximum absolute atomic E-state index is 12.2. The summed E-state index contributed by atoms with van der Waals surface area (Å²) in [5.41, 5.74) is 0. The predicted molar refractivity (Wildman–Crippen MR) is 76.2 cm³/mol. The van der Waals surface area contributed by atoms with Crippen molar-refractivity contribution in [3.8, 4) is 11.8 Å². The van der Waals surface area contributed by atoms with Gasteiger partial charge in [-0.15, -0.1) is 11.3 Å². The van der Waals surface area contributed by atoms with Gasteiger partial charge >= 0.3 is 0 Å². The molecule has 5 heteroatoms. The second-order valence-electron chi connectivity index (χ2n) is 3.90. The average molecular weight is 281 g/mol. The molecule has 19 heavy (non-hydrogen) atoms. The molecule has 104 valence electrons. The number of rotatable bonds is 6. The van der Waals surface area contributed by atoms with Crippen molar-refractivity contribution in [3.63, 3.8) is 0 Å². The van der Waals surface area contributed by atoms with Crippen LogP contribution in [0.5, 0.6) is 0 Å². The number of hydrogen-bond donors (Lipinski definition) is 2. The zero-order chi connectivity index (χ0) is 14.1. The Labute approximate surface area is 117 Å². The molecule has 0 atom stereocenters. The van der Waals surface area contributed by atoms with E-state index in [1.54, 1.807) is 11.0 Å². The average Bonchev–Trinajstić information content (AvgIpc) is 2.88. The van der Waals surface area contributed by atoms with Crippen molar-refractivity contribution in [3.05, 3.63) is 21.9 Å². The summed E-state index contributed by atoms with van der Waals surface area (Å²) in [5, 5.41) is 17.5. The van der Waals surface area contributed by atoms with Crippen LogP contribution >= 0.6 is 11.3 Å². The number of thiophene rings is 1. The normalized spacial score (nSPS) is 9.84. The third-order valence-electron chi connectivity index (χ3n) is 2.52. The van der Waals surface area contributed by atoms with Crippen LogP contribution in [-0.2, 0) is 0 Å². The summed E-state index contributed by atoms with van der Waals surface area (Å²) in [6.07, 6.45) is 1.03. The number of aliphatic hydroxyl groups is 2. The van der Waals surface area contributed by atoms with Crippen LogP contribution in [0.4, 0.5) is 0 Å². The first-order valence-corrected chi connectivity index (χ1v) is 7.14. The molecule has 0 aliphatic heterocycles. The summed E-state index contributed by atoms with van der Waals surface area (Å²) in [5.74, 6) is 5.73. The van der Waals surface area contributed by atoms with E-state index < -0.39 is 0 Å². The van der Waals surface area contributed by atoms with E-state index in [-0.39, 0.29) is 19.1 Å². The minimum Gasteiger partial charge on any atom is -0.396 e. The molecule has 0 bridgehead atoms. The zero-order valence-corrected chi connectivity index (χ0v) is 11.9. The first-order valence-electron chi connectivity index (χ1n) is 6.32. The molecular weight excluding hydrogens is 262 g/mol. The maximum atomic E-state index is 12.2. The van der Waals surface area contributed by atoms with Crippen molar-refractivity contribution in [1.29, 1.82) is 0 Å². The summed E-state index contributed by atoms with van der Waals surface area (Å²) in [7, 11) is 0. The highest BCUT2D eigenvalue weighted by molar-refractivity contribution is 7.14. The van der Waals surface area contributed by atoms with Crippen LogP contribution in [0.1, 0.15) is 34.3 Å². The molecule has 1 heterocycles. The molecule has 0 spiro atoms. The highest BCUT2D eigenvalue weighted by Crippen LogP contribution is 2.17. The lowest BCUT2D eigenvalue weighted by Crippen LogP contribution is -2.31. The van der Waals surface area contributed by atoms with Gasteiger partial charge in [-0.2, -0.15) is 0 Å². The first-order chi connectivity index (χ1) is 9.22. The van der Waals surface area contributed by atoms with Crippen molar-refractivity contribution >= 4 is 17.2 Å². The SMILES string of the molecule is CCN(CCCO)C(=O)c1ccc(C#CCCO)s1. The molecule has 4 nitrogen and oxygen atoms in total. The van der Waals surface area contributed by atoms with Gasteiger partial charge in [-0.1, -0.05) is 11.8 Å². The Kier molecular flexibility index (Phi) is 7.19. The van der Waals surface area contributed by atoms with Crippen LogP contribution in [0.3, 0.4) is 0 Å². The topological polar surface area (TPSA) is 60.8 Å². The monoisotopic (exact) mass is 281 g/mol. The predicted octanol–water partition coefficient (Wildman–Crippen LogP) is 1.33. The largest absolute Gasteiger partial charge is 0.396 e. The van der Waals surface area contributed by atoms with Crippen molar-refractivity contribution in [2.45, 2.75) is 19.8 Å². The van der Waals surface area contributed by atoms with Gasteiger partial charge in [0.05, 0.1) is 16.4 Å². The van der Waals surface area contributed by atoms with E-state index in [4.69, 9.17) is 10.2 Å². The summed E-state index contributed by atoms with van der Waals surface area (Å²) in [6.45, 7) is 3.25. The lowest BCUT2D eigenvalue weighted by molar-refractivity contribution is 0.0759. The maximum Gasteiger partial charge on any atom is 0.263 e. The zero-order valence-electron chi connectivity index (χ0n) is 11.1. The molecular formula is C14H19NO3S. The second-order valence-corrected chi connectivity index (χ2v) is 4.99. The summed E-state index contributed by atoms with van der Waals surface area (Å²) in [6, 6.07) is 3.60. The van der Waals surface area contributed by atoms with Crippen LogP contribution in [0.25, 0.3) is 0 Å². The van der Waals surface area contributed by atoms with Gasteiger partial charge < -0.3 is 15.1 Å². The van der Waals surface area contributed by atoms with E-state index in [0.717, 1.165) is 4.88 Å². The highest BCUT2D eigenvalue weighted by atomic mass is 32.1. The number of amides is 1. The summed E-state index contributed by atoms with van der Waals surface area (Å²) in [4.78, 5) is 15.4. The van der Waals surface area contributed by atoms with Crippen molar-refractivity contribution in [2.75, 3.05) is 26.3 Å². The molecule has 0 unspecified atom stereocenters. The van der Waals surface area contributed by atoms with Crippen LogP contribution in [-0.4, -0.2) is 47.3 Å². The molecule has 0 radical (unpaired) electrons. The van der Waals surface area contributed by atoms with Gasteiger partial charge in [0.15, 0.2) is 0 Å². The fraction of sp³-hybridized carbons (Fsp3) is 0.500.